The summed E-state index contributed by atoms with van der Waals surface area (Å²) in [4.78, 5) is 7.82. The number of hydrogen-bond donors (Lipinski definition) is 0. The lowest BCUT2D eigenvalue weighted by Crippen LogP contribution is -1.89. The molecule has 0 aliphatic heterocycles. The highest BCUT2D eigenvalue weighted by molar-refractivity contribution is 8.03. The second-order valence-corrected chi connectivity index (χ2v) is 11.9. The summed E-state index contributed by atoms with van der Waals surface area (Å²) in [7, 11) is 0. The molecule has 0 heterocycles. The van der Waals surface area contributed by atoms with Gasteiger partial charge in [0.15, 0.2) is 0 Å². The molecule has 0 unspecified atom stereocenters. The third-order valence-corrected chi connectivity index (χ3v) is 9.58. The number of benzene rings is 5. The molecule has 0 N–H and O–H groups in total. The van der Waals surface area contributed by atoms with E-state index in [1.165, 1.54) is 0 Å². The third kappa shape index (κ3) is 6.30. The Morgan fingerprint density at radius 2 is 0.657 bits per heavy atom. The van der Waals surface area contributed by atoms with Gasteiger partial charge in [0.05, 0.1) is 9.79 Å². The van der Waals surface area contributed by atoms with Gasteiger partial charge in [-0.15, -0.1) is 0 Å². The van der Waals surface area contributed by atoms with Gasteiger partial charge in [-0.2, -0.15) is 0 Å². The van der Waals surface area contributed by atoms with Crippen molar-refractivity contribution in [2.24, 2.45) is 0 Å². The summed E-state index contributed by atoms with van der Waals surface area (Å²) in [5.41, 5.74) is 0. The molecule has 1 radical (unpaired) electrons. The van der Waals surface area contributed by atoms with Crippen LogP contribution in [0.15, 0.2) is 167 Å². The molecule has 0 atom stereocenters. The molecule has 1 nitrogen and oxygen atoms in total. The molecule has 0 aliphatic rings. The van der Waals surface area contributed by atoms with E-state index in [9.17, 15) is 5.11 Å². The van der Waals surface area contributed by atoms with E-state index in [-0.39, 0.29) is 5.75 Å². The van der Waals surface area contributed by atoms with E-state index in [0.717, 1.165) is 39.2 Å². The maximum atomic E-state index is 14.1. The average molecular weight is 526 g/mol. The summed E-state index contributed by atoms with van der Waals surface area (Å²) in [5.74, 6) is 0.0760. The predicted octanol–water partition coefficient (Wildman–Crippen LogP) is 10.4. The van der Waals surface area contributed by atoms with Crippen molar-refractivity contribution in [3.05, 3.63) is 127 Å². The normalized spacial score (nSPS) is 10.9. The first-order chi connectivity index (χ1) is 17.3. The topological polar surface area (TPSA) is 19.9 Å². The molecule has 0 fully saturated rings. The molecule has 0 spiro atoms. The Hall–Kier alpha value is -2.70. The fraction of sp³-hybridized carbons (Fsp3) is 0. The largest absolute Gasteiger partial charge is 0.287 e. The highest BCUT2D eigenvalue weighted by atomic mass is 32.2. The zero-order valence-corrected chi connectivity index (χ0v) is 21.9. The van der Waals surface area contributed by atoms with Crippen molar-refractivity contribution in [2.75, 3.05) is 0 Å². The van der Waals surface area contributed by atoms with Crippen LogP contribution >= 0.6 is 47.0 Å². The van der Waals surface area contributed by atoms with E-state index >= 15 is 0 Å². The molecular weight excluding hydrogens is 505 g/mol. The minimum Gasteiger partial charge on any atom is -0.287 e. The van der Waals surface area contributed by atoms with Gasteiger partial charge in [0.1, 0.15) is 0 Å². The van der Waals surface area contributed by atoms with Gasteiger partial charge in [-0.3, -0.25) is 5.11 Å². The minimum atomic E-state index is 0.0760. The van der Waals surface area contributed by atoms with Crippen LogP contribution in [0.25, 0.3) is 0 Å². The van der Waals surface area contributed by atoms with Crippen molar-refractivity contribution < 1.29 is 5.11 Å². The second kappa shape index (κ2) is 11.8. The van der Waals surface area contributed by atoms with Crippen LogP contribution in [0.3, 0.4) is 0 Å². The smallest absolute Gasteiger partial charge is 0.208 e. The van der Waals surface area contributed by atoms with Gasteiger partial charge in [-0.25, -0.2) is 0 Å². The van der Waals surface area contributed by atoms with Gasteiger partial charge < -0.3 is 0 Å². The summed E-state index contributed by atoms with van der Waals surface area (Å²) < 4.78 is 0. The Bertz CT molecular complexity index is 1270. The average Bonchev–Trinajstić information content (AvgIpc) is 2.91. The maximum Gasteiger partial charge on any atom is 0.208 e. The summed E-state index contributed by atoms with van der Waals surface area (Å²) in [6, 6.07) is 42.9. The molecule has 0 aliphatic carbocycles. The van der Waals surface area contributed by atoms with E-state index in [0.29, 0.717) is 0 Å². The van der Waals surface area contributed by atoms with Crippen LogP contribution in [0.5, 0.6) is 5.75 Å². The molecule has 5 rings (SSSR count). The fourth-order valence-electron chi connectivity index (χ4n) is 3.37. The van der Waals surface area contributed by atoms with Crippen molar-refractivity contribution in [1.82, 2.24) is 0 Å². The SMILES string of the molecule is [O]c1c(Sc2ccccc2)c(Sc2ccccc2)cc(Sc2ccccc2)c1Sc1ccccc1. The second-order valence-electron chi connectivity index (χ2n) is 7.52. The minimum absolute atomic E-state index is 0.0760. The molecule has 0 saturated heterocycles. The molecule has 5 aromatic rings. The van der Waals surface area contributed by atoms with Crippen LogP contribution in [0.2, 0.25) is 0 Å². The van der Waals surface area contributed by atoms with Crippen LogP contribution in [0, 0.1) is 0 Å². The summed E-state index contributed by atoms with van der Waals surface area (Å²) in [6.07, 6.45) is 0. The molecule has 0 aromatic heterocycles. The van der Waals surface area contributed by atoms with Gasteiger partial charge in [0, 0.05) is 29.4 Å². The van der Waals surface area contributed by atoms with Gasteiger partial charge in [0.2, 0.25) is 5.75 Å². The Kier molecular flexibility index (Phi) is 8.11. The molecule has 171 valence electrons. The monoisotopic (exact) mass is 525 g/mol. The molecule has 35 heavy (non-hydrogen) atoms. The fourth-order valence-corrected chi connectivity index (χ4v) is 7.59. The van der Waals surface area contributed by atoms with E-state index in [1.54, 1.807) is 47.0 Å². The lowest BCUT2D eigenvalue weighted by Gasteiger charge is -2.17. The Balaban J connectivity index is 1.64. The van der Waals surface area contributed by atoms with E-state index in [2.05, 4.69) is 54.6 Å². The molecule has 5 heteroatoms. The molecule has 5 aromatic carbocycles. The lowest BCUT2D eigenvalue weighted by atomic mass is 10.3. The Labute approximate surface area is 223 Å². The first kappa shape index (κ1) is 24.0. The first-order valence-electron chi connectivity index (χ1n) is 11.1. The van der Waals surface area contributed by atoms with Crippen molar-refractivity contribution in [1.29, 1.82) is 0 Å². The van der Waals surface area contributed by atoms with E-state index in [4.69, 9.17) is 0 Å². The standard InChI is InChI=1S/C30H21OS4/c31-28-29(34-24-17-9-3-10-18-24)26(32-22-13-5-1-6-14-22)21-27(33-23-15-7-2-8-16-23)30(28)35-25-19-11-4-12-20-25/h1-21H. The van der Waals surface area contributed by atoms with Crippen LogP contribution in [-0.4, -0.2) is 0 Å². The summed E-state index contributed by atoms with van der Waals surface area (Å²) in [5, 5.41) is 14.1. The van der Waals surface area contributed by atoms with Crippen molar-refractivity contribution in [3.8, 4) is 5.75 Å². The lowest BCUT2D eigenvalue weighted by molar-refractivity contribution is 0.329. The Morgan fingerprint density at radius 3 is 0.971 bits per heavy atom. The Morgan fingerprint density at radius 1 is 0.371 bits per heavy atom. The van der Waals surface area contributed by atoms with Crippen LogP contribution in [0.4, 0.5) is 0 Å². The molecule has 0 amide bonds. The summed E-state index contributed by atoms with van der Waals surface area (Å²) in [6.45, 7) is 0. The van der Waals surface area contributed by atoms with Gasteiger partial charge in [-0.1, -0.05) is 120 Å². The van der Waals surface area contributed by atoms with Crippen LogP contribution < -0.4 is 0 Å². The summed E-state index contributed by atoms with van der Waals surface area (Å²) >= 11 is 6.38. The first-order valence-corrected chi connectivity index (χ1v) is 14.3. The maximum absolute atomic E-state index is 14.1. The molecular formula is C30H21OS4. The number of rotatable bonds is 8. The van der Waals surface area contributed by atoms with E-state index in [1.807, 2.05) is 72.8 Å². The number of hydrogen-bond acceptors (Lipinski definition) is 4. The van der Waals surface area contributed by atoms with Crippen molar-refractivity contribution in [3.63, 3.8) is 0 Å². The molecule has 0 bridgehead atoms. The molecule has 0 saturated carbocycles. The van der Waals surface area contributed by atoms with Gasteiger partial charge in [0.25, 0.3) is 0 Å². The zero-order valence-electron chi connectivity index (χ0n) is 18.7. The highest BCUT2D eigenvalue weighted by Crippen LogP contribution is 2.53. The van der Waals surface area contributed by atoms with Crippen LogP contribution in [0.1, 0.15) is 0 Å². The zero-order chi connectivity index (χ0) is 23.9. The van der Waals surface area contributed by atoms with Crippen molar-refractivity contribution in [2.45, 2.75) is 39.2 Å². The van der Waals surface area contributed by atoms with Gasteiger partial charge >= 0.3 is 0 Å². The van der Waals surface area contributed by atoms with Crippen LogP contribution in [-0.2, 0) is 5.11 Å². The predicted molar refractivity (Wildman–Crippen MR) is 149 cm³/mol. The highest BCUT2D eigenvalue weighted by Gasteiger charge is 2.23. The van der Waals surface area contributed by atoms with Crippen molar-refractivity contribution >= 4 is 47.0 Å². The van der Waals surface area contributed by atoms with Gasteiger partial charge in [-0.05, 0) is 54.6 Å². The quantitative estimate of drug-likeness (QED) is 0.201. The van der Waals surface area contributed by atoms with E-state index < -0.39 is 0 Å². The third-order valence-electron chi connectivity index (χ3n) is 4.99.